The van der Waals surface area contributed by atoms with Crippen molar-refractivity contribution in [3.05, 3.63) is 393 Å². The summed E-state index contributed by atoms with van der Waals surface area (Å²) in [6.07, 6.45) is 0. The van der Waals surface area contributed by atoms with Gasteiger partial charge in [-0.2, -0.15) is 0 Å². The molecule has 113 heavy (non-hydrogen) atoms. The van der Waals surface area contributed by atoms with Gasteiger partial charge in [0.2, 0.25) is 0 Å². The predicted octanol–water partition coefficient (Wildman–Crippen LogP) is 26.1. The van der Waals surface area contributed by atoms with Crippen LogP contribution in [0.4, 0.5) is 34.1 Å². The molecule has 0 unspecified atom stereocenters. The van der Waals surface area contributed by atoms with Gasteiger partial charge in [0.1, 0.15) is 0 Å². The van der Waals surface area contributed by atoms with E-state index in [0.717, 1.165) is 11.1 Å². The molecule has 0 radical (unpaired) electrons. The molecule has 2 aliphatic heterocycles. The molecule has 17 aromatic carbocycles. The molecule has 530 valence electrons. The third-order valence-electron chi connectivity index (χ3n) is 22.1. The molecule has 0 fully saturated rings. The van der Waals surface area contributed by atoms with Crippen LogP contribution in [-0.2, 0) is 5.41 Å². The Hall–Kier alpha value is -14.4. The normalized spacial score (nSPS) is 16.6. The van der Waals surface area contributed by atoms with Crippen LogP contribution in [0.25, 0.3) is 154 Å². The first-order chi connectivity index (χ1) is 69.0. The molecule has 6 heterocycles. The third-order valence-corrected chi connectivity index (χ3v) is 22.1. The lowest BCUT2D eigenvalue weighted by Crippen LogP contribution is -2.61. The van der Waals surface area contributed by atoms with E-state index in [9.17, 15) is 27.4 Å². The Morgan fingerprint density at radius 3 is 0.841 bits per heavy atom. The first kappa shape index (κ1) is 40.3. The number of aromatic nitrogens is 4. The van der Waals surface area contributed by atoms with E-state index in [1.54, 1.807) is 60.7 Å². The van der Waals surface area contributed by atoms with E-state index in [1.807, 2.05) is 164 Å². The highest BCUT2D eigenvalue weighted by atomic mass is 15.2. The van der Waals surface area contributed by atoms with Crippen molar-refractivity contribution in [1.82, 2.24) is 18.3 Å². The highest BCUT2D eigenvalue weighted by molar-refractivity contribution is 7.00. The lowest BCUT2D eigenvalue weighted by atomic mass is 9.33. The summed E-state index contributed by atoms with van der Waals surface area (Å²) >= 11 is 0. The van der Waals surface area contributed by atoms with Crippen molar-refractivity contribution in [3.8, 4) is 67.3 Å². The maximum atomic E-state index is 9.94. The molecule has 0 atom stereocenters. The molecule has 7 heteroatoms. The molecule has 0 amide bonds. The predicted molar refractivity (Wildman–Crippen MR) is 478 cm³/mol. The average Bonchev–Trinajstić information content (AvgIpc) is 1.39. The van der Waals surface area contributed by atoms with E-state index < -0.39 is 205 Å². The van der Waals surface area contributed by atoms with E-state index in [0.29, 0.717) is 89.5 Å². The Bertz CT molecular complexity index is 8720. The Balaban J connectivity index is 0.888. The van der Waals surface area contributed by atoms with Crippen molar-refractivity contribution in [2.24, 2.45) is 0 Å². The molecule has 0 saturated heterocycles. The van der Waals surface area contributed by atoms with Gasteiger partial charge in [-0.25, -0.2) is 0 Å². The number of para-hydroxylation sites is 8. The molecule has 0 aliphatic carbocycles. The maximum absolute atomic E-state index is 9.94. The topological polar surface area (TPSA) is 26.2 Å². The molecule has 0 spiro atoms. The first-order valence-corrected chi connectivity index (χ1v) is 36.7. The van der Waals surface area contributed by atoms with Crippen LogP contribution in [0.15, 0.2) is 387 Å². The van der Waals surface area contributed by atoms with Gasteiger partial charge in [0.25, 0.3) is 6.71 Å². The number of nitrogens with zero attached hydrogens (tertiary/aromatic N) is 6. The summed E-state index contributed by atoms with van der Waals surface area (Å²) in [6.45, 7) is 4.99. The molecule has 6 nitrogen and oxygen atoms in total. The molecular weight excluding hydrogens is 1370 g/mol. The fourth-order valence-corrected chi connectivity index (χ4v) is 17.1. The minimum Gasteiger partial charge on any atom is -0.311 e. The number of anilines is 6. The standard InChI is InChI=1S/C106H73BN6/c1-106(2,3)74-64-103-105-104(65-74)113(100-59-53-71(69-30-8-5-9-31-69)63-88(100)73-33-27-35-76(61-73)109-93-46-20-12-38-81(93)82-39-13-21-47-94(82)109)102-67-78(111-97-50-24-16-42-85(97)86-43-17-25-51-98(86)111)55-57-90(102)107(105)89-56-54-77(110-95-48-22-14-40-83(95)84-41-15-23-49-96(84)110)66-101(89)112(103)99-58-52-70(68-28-6-4-7-29-68)62-87(99)72-32-26-34-75(60-72)108-91-44-18-10-36-79(91)80-37-11-19-45-92(80)108/h4-67H,1-3H3/i10D,11D,12D,13D,14D,15D,16D,17D,18D,19D,20D,21D,22D,23D,24D,25D,36D,37D,38D,39D,40D,41D,42D,43D,44D,45D,46D,47D,48D,49D,50D,51D. The van der Waals surface area contributed by atoms with Gasteiger partial charge in [0.15, 0.2) is 0 Å². The van der Waals surface area contributed by atoms with E-state index in [-0.39, 0.29) is 110 Å². The van der Waals surface area contributed by atoms with Crippen LogP contribution in [-0.4, -0.2) is 25.0 Å². The lowest BCUT2D eigenvalue weighted by Gasteiger charge is -2.46. The fourth-order valence-electron chi connectivity index (χ4n) is 17.1. The van der Waals surface area contributed by atoms with E-state index in [2.05, 4.69) is 0 Å². The zero-order chi connectivity index (χ0) is 103. The second-order valence-corrected chi connectivity index (χ2v) is 29.2. The van der Waals surface area contributed by atoms with Gasteiger partial charge in [0.05, 0.1) is 99.4 Å². The summed E-state index contributed by atoms with van der Waals surface area (Å²) in [5.74, 6) is 0. The van der Waals surface area contributed by atoms with Crippen molar-refractivity contribution in [1.29, 1.82) is 0 Å². The smallest absolute Gasteiger partial charge is 0.252 e. The largest absolute Gasteiger partial charge is 0.311 e. The number of rotatable bonds is 10. The van der Waals surface area contributed by atoms with Crippen molar-refractivity contribution < 1.29 is 43.9 Å². The Kier molecular flexibility index (Phi) is 8.95. The van der Waals surface area contributed by atoms with Crippen LogP contribution >= 0.6 is 0 Å². The molecule has 21 aromatic rings. The molecule has 0 bridgehead atoms. The van der Waals surface area contributed by atoms with E-state index in [1.165, 1.54) is 18.3 Å². The van der Waals surface area contributed by atoms with Crippen LogP contribution in [0.1, 0.15) is 70.2 Å². The Morgan fingerprint density at radius 1 is 0.239 bits per heavy atom. The summed E-state index contributed by atoms with van der Waals surface area (Å²) in [6, 6.07) is 39.2. The SMILES string of the molecule is [2H]c1c([2H])c([2H])c2c(c1[2H])c1c([2H])c([2H])c([2H])c([2H])c1n2-c1cccc(-c2cc(-c3ccccc3)ccc2N2c3cc(-n4c5c([2H])c([2H])c([2H])c([2H])c5c5c([2H])c([2H])c([2H])c([2H])c54)ccc3B3c4ccc(-n5c6c([2H])c([2H])c([2H])c([2H])c6c6c([2H])c([2H])c([2H])c([2H])c65)cc4N(c4ccc(-c5ccccc5)cc4-c4cccc(-n5c6c([2H])c([2H])c([2H])c([2H])c6c6c([2H])c([2H])c([2H])c([2H])c65)c4)c4cc(C(C)(C)C)cc2c43)c1. The van der Waals surface area contributed by atoms with Crippen molar-refractivity contribution in [2.75, 3.05) is 9.80 Å². The summed E-state index contributed by atoms with van der Waals surface area (Å²) in [7, 11) is 0. The molecule has 2 aliphatic rings. The van der Waals surface area contributed by atoms with E-state index in [4.69, 9.17) is 16.4 Å². The highest BCUT2D eigenvalue weighted by Gasteiger charge is 2.46. The molecule has 0 saturated carbocycles. The molecular formula is C106H73BN6. The maximum Gasteiger partial charge on any atom is 0.252 e. The zero-order valence-corrected chi connectivity index (χ0v) is 60.2. The minimum atomic E-state index is -1.05. The Morgan fingerprint density at radius 2 is 0.531 bits per heavy atom. The second kappa shape index (κ2) is 25.1. The van der Waals surface area contributed by atoms with Crippen LogP contribution in [0, 0.1) is 0 Å². The van der Waals surface area contributed by atoms with Crippen molar-refractivity contribution in [2.45, 2.75) is 26.2 Å². The van der Waals surface area contributed by atoms with E-state index >= 15 is 0 Å². The summed E-state index contributed by atoms with van der Waals surface area (Å²) < 4.78 is 307. The lowest BCUT2D eigenvalue weighted by molar-refractivity contribution is 0.590. The van der Waals surface area contributed by atoms with Gasteiger partial charge >= 0.3 is 0 Å². The van der Waals surface area contributed by atoms with Gasteiger partial charge in [-0.15, -0.1) is 0 Å². The molecule has 0 N–H and O–H groups in total. The van der Waals surface area contributed by atoms with Crippen LogP contribution in [0.3, 0.4) is 0 Å². The highest BCUT2D eigenvalue weighted by Crippen LogP contribution is 2.53. The van der Waals surface area contributed by atoms with Crippen LogP contribution in [0.2, 0.25) is 0 Å². The second-order valence-electron chi connectivity index (χ2n) is 29.2. The fraction of sp³-hybridized carbons (Fsp3) is 0.0377. The molecule has 23 rings (SSSR count). The van der Waals surface area contributed by atoms with Gasteiger partial charge in [-0.3, -0.25) is 0 Å². The summed E-state index contributed by atoms with van der Waals surface area (Å²) in [4.78, 5) is 4.06. The first-order valence-electron chi connectivity index (χ1n) is 52.7. The quantitative estimate of drug-likeness (QED) is 0.128. The van der Waals surface area contributed by atoms with Crippen LogP contribution < -0.4 is 26.2 Å². The van der Waals surface area contributed by atoms with Gasteiger partial charge in [-0.05, 0) is 194 Å². The Labute approximate surface area is 700 Å². The zero-order valence-electron chi connectivity index (χ0n) is 92.2. The molecule has 4 aromatic heterocycles. The number of fused-ring (bicyclic) bond motifs is 16. The average molecular weight is 1470 g/mol. The van der Waals surface area contributed by atoms with Crippen LogP contribution in [0.5, 0.6) is 0 Å². The number of hydrogen-bond acceptors (Lipinski definition) is 2. The summed E-state index contributed by atoms with van der Waals surface area (Å²) in [5, 5.41) is -1.54. The summed E-state index contributed by atoms with van der Waals surface area (Å²) in [5.41, 5.74) is 7.16. The van der Waals surface area contributed by atoms with Gasteiger partial charge < -0.3 is 28.1 Å². The van der Waals surface area contributed by atoms with Crippen molar-refractivity contribution >= 4 is 144 Å². The van der Waals surface area contributed by atoms with Crippen molar-refractivity contribution in [3.63, 3.8) is 0 Å². The monoisotopic (exact) mass is 1470 g/mol. The number of benzene rings is 17. The minimum absolute atomic E-state index is 0.111. The number of hydrogen-bond donors (Lipinski definition) is 0. The van der Waals surface area contributed by atoms with Gasteiger partial charge in [0, 0.05) is 99.7 Å². The third kappa shape index (κ3) is 9.94. The van der Waals surface area contributed by atoms with Gasteiger partial charge in [-0.1, -0.05) is 275 Å².